The van der Waals surface area contributed by atoms with Gasteiger partial charge in [0, 0.05) is 40.0 Å². The molecule has 6 rings (SSSR count). The van der Waals surface area contributed by atoms with Crippen LogP contribution in [0.4, 0.5) is 0 Å². The van der Waals surface area contributed by atoms with Crippen molar-refractivity contribution in [3.8, 4) is 0 Å². The second kappa shape index (κ2) is 16.1. The van der Waals surface area contributed by atoms with E-state index >= 15 is 0 Å². The van der Waals surface area contributed by atoms with Crippen LogP contribution in [0.25, 0.3) is 0 Å². The van der Waals surface area contributed by atoms with Gasteiger partial charge >= 0.3 is 29.8 Å². The Labute approximate surface area is 345 Å². The van der Waals surface area contributed by atoms with E-state index in [4.69, 9.17) is 33.2 Å². The Bertz CT molecular complexity index is 1640. The third-order valence-electron chi connectivity index (χ3n) is 17.0. The molecule has 5 aliphatic carbocycles. The van der Waals surface area contributed by atoms with Gasteiger partial charge in [-0.1, -0.05) is 46.8 Å². The first-order valence-electron chi connectivity index (χ1n) is 21.8. The number of hydrogen-bond donors (Lipinski definition) is 0. The second-order valence-corrected chi connectivity index (χ2v) is 20.4. The third-order valence-corrected chi connectivity index (χ3v) is 17.0. The molecule has 5 saturated carbocycles. The highest BCUT2D eigenvalue weighted by Gasteiger charge is 2.71. The van der Waals surface area contributed by atoms with Gasteiger partial charge in [0.1, 0.15) is 12.7 Å². The standard InChI is InChI=1S/C46H70O12/c1-25(2)31-15-20-46(24-53-27(4)48)22-21-44(11)32(37(31)46)13-14-35-43(10)18-17-36(42(8,9)34(43)16-19-45(35,44)12)58-41-40(56-30(7)51)39(55-29(6)50)38(54-28(5)49)33(57-41)23-52-26(3)47/h31-41H,1,13-24H2,2-12H3/t31-,32+,33+,34-,35+,36-,37+,38+,39-,40-,41+,43-,44+,45+,46+/m0/s1. The molecular formula is C46H70O12. The molecule has 1 aliphatic heterocycles. The van der Waals surface area contributed by atoms with E-state index in [0.29, 0.717) is 36.2 Å². The van der Waals surface area contributed by atoms with Crippen molar-refractivity contribution in [3.05, 3.63) is 12.2 Å². The Hall–Kier alpha value is -2.99. The van der Waals surface area contributed by atoms with E-state index in [9.17, 15) is 24.0 Å². The molecule has 6 aliphatic rings. The van der Waals surface area contributed by atoms with Crippen LogP contribution in [0, 0.1) is 56.7 Å². The van der Waals surface area contributed by atoms with Gasteiger partial charge in [0.25, 0.3) is 0 Å². The largest absolute Gasteiger partial charge is 0.465 e. The number of carbonyl (C=O) groups is 5. The van der Waals surface area contributed by atoms with Gasteiger partial charge in [-0.2, -0.15) is 0 Å². The molecule has 12 heteroatoms. The van der Waals surface area contributed by atoms with Gasteiger partial charge < -0.3 is 33.2 Å². The number of fused-ring (bicyclic) bond motifs is 7. The van der Waals surface area contributed by atoms with Gasteiger partial charge in [0.2, 0.25) is 0 Å². The lowest BCUT2D eigenvalue weighted by atomic mass is 9.32. The molecule has 0 aromatic carbocycles. The topological polar surface area (TPSA) is 150 Å². The van der Waals surface area contributed by atoms with Crippen LogP contribution in [0.2, 0.25) is 0 Å². The van der Waals surface area contributed by atoms with E-state index in [-0.39, 0.29) is 45.8 Å². The van der Waals surface area contributed by atoms with E-state index in [1.807, 2.05) is 0 Å². The van der Waals surface area contributed by atoms with Gasteiger partial charge in [0.15, 0.2) is 24.6 Å². The fourth-order valence-corrected chi connectivity index (χ4v) is 14.5. The summed E-state index contributed by atoms with van der Waals surface area (Å²) in [6.45, 7) is 25.6. The molecule has 0 unspecified atom stereocenters. The van der Waals surface area contributed by atoms with Crippen molar-refractivity contribution in [2.24, 2.45) is 56.7 Å². The van der Waals surface area contributed by atoms with Crippen molar-refractivity contribution < 1.29 is 57.1 Å². The van der Waals surface area contributed by atoms with Crippen LogP contribution in [0.5, 0.6) is 0 Å². The molecule has 15 atom stereocenters. The zero-order valence-electron chi connectivity index (χ0n) is 36.9. The van der Waals surface area contributed by atoms with Crippen LogP contribution in [0.1, 0.15) is 140 Å². The number of allylic oxidation sites excluding steroid dienone is 1. The van der Waals surface area contributed by atoms with Gasteiger partial charge in [-0.15, -0.1) is 0 Å². The predicted octanol–water partition coefficient (Wildman–Crippen LogP) is 7.68. The second-order valence-electron chi connectivity index (χ2n) is 20.4. The highest BCUT2D eigenvalue weighted by molar-refractivity contribution is 5.69. The monoisotopic (exact) mass is 814 g/mol. The molecule has 0 bridgehead atoms. The van der Waals surface area contributed by atoms with Crippen molar-refractivity contribution in [1.29, 1.82) is 0 Å². The zero-order chi connectivity index (χ0) is 42.7. The van der Waals surface area contributed by atoms with E-state index in [0.717, 1.165) is 64.2 Å². The molecule has 1 heterocycles. The third kappa shape index (κ3) is 7.64. The van der Waals surface area contributed by atoms with Crippen LogP contribution in [0.3, 0.4) is 0 Å². The quantitative estimate of drug-likeness (QED) is 0.0922. The minimum absolute atomic E-state index is 0.0101. The van der Waals surface area contributed by atoms with Crippen LogP contribution in [-0.4, -0.2) is 79.9 Å². The van der Waals surface area contributed by atoms with Crippen LogP contribution in [-0.2, 0) is 57.1 Å². The summed E-state index contributed by atoms with van der Waals surface area (Å²) in [5.41, 5.74) is 1.20. The molecule has 0 N–H and O–H groups in total. The summed E-state index contributed by atoms with van der Waals surface area (Å²) < 4.78 is 41.6. The minimum atomic E-state index is -1.28. The summed E-state index contributed by atoms with van der Waals surface area (Å²) in [6.07, 6.45) is 4.13. The van der Waals surface area contributed by atoms with E-state index in [1.165, 1.54) is 40.2 Å². The average molecular weight is 815 g/mol. The molecule has 0 spiro atoms. The first-order chi connectivity index (χ1) is 27.0. The molecule has 0 aromatic heterocycles. The Morgan fingerprint density at radius 2 is 1.24 bits per heavy atom. The summed E-state index contributed by atoms with van der Waals surface area (Å²) >= 11 is 0. The van der Waals surface area contributed by atoms with Crippen molar-refractivity contribution in [2.45, 2.75) is 177 Å². The van der Waals surface area contributed by atoms with Crippen molar-refractivity contribution in [3.63, 3.8) is 0 Å². The van der Waals surface area contributed by atoms with Crippen molar-refractivity contribution in [1.82, 2.24) is 0 Å². The molecule has 12 nitrogen and oxygen atoms in total. The Kier molecular flexibility index (Phi) is 12.4. The molecule has 58 heavy (non-hydrogen) atoms. The smallest absolute Gasteiger partial charge is 0.303 e. The van der Waals surface area contributed by atoms with E-state index in [2.05, 4.69) is 48.1 Å². The lowest BCUT2D eigenvalue weighted by Crippen LogP contribution is -2.67. The van der Waals surface area contributed by atoms with Gasteiger partial charge in [-0.25, -0.2) is 0 Å². The van der Waals surface area contributed by atoms with Crippen LogP contribution >= 0.6 is 0 Å². The van der Waals surface area contributed by atoms with E-state index < -0.39 is 54.6 Å². The normalized spacial score (nSPS) is 43.9. The average Bonchev–Trinajstić information content (AvgIpc) is 3.50. The van der Waals surface area contributed by atoms with E-state index in [1.54, 1.807) is 0 Å². The Morgan fingerprint density at radius 1 is 0.621 bits per heavy atom. The molecule has 326 valence electrons. The fourth-order valence-electron chi connectivity index (χ4n) is 14.5. The Morgan fingerprint density at radius 3 is 1.84 bits per heavy atom. The molecule has 6 fully saturated rings. The summed E-state index contributed by atoms with van der Waals surface area (Å²) in [6, 6.07) is 0. The number of carbonyl (C=O) groups excluding carboxylic acids is 5. The molecule has 0 aromatic rings. The summed E-state index contributed by atoms with van der Waals surface area (Å²) in [5.74, 6) is -0.538. The maximum Gasteiger partial charge on any atom is 0.303 e. The SMILES string of the molecule is C=C(C)[C@@H]1CC[C@]2(COC(C)=O)CC[C@]3(C)[C@H](CC[C@@H]4[C@@]5(C)CC[C@H](O[C@H]6O[C@H](COC(C)=O)[C@@H](OC(C)=O)[C@H](OC(C)=O)[C@@H]6OC(C)=O)C(C)(C)[C@@H]5CC[C@]43C)[C@@H]12. The first kappa shape index (κ1) is 44.6. The molecule has 1 saturated heterocycles. The minimum Gasteiger partial charge on any atom is -0.465 e. The zero-order valence-corrected chi connectivity index (χ0v) is 36.9. The highest BCUT2D eigenvalue weighted by atomic mass is 16.7. The van der Waals surface area contributed by atoms with Crippen LogP contribution < -0.4 is 0 Å². The number of esters is 5. The predicted molar refractivity (Wildman–Crippen MR) is 212 cm³/mol. The number of ether oxygens (including phenoxy) is 7. The van der Waals surface area contributed by atoms with Gasteiger partial charge in [-0.05, 0) is 122 Å². The van der Waals surface area contributed by atoms with Gasteiger partial charge in [0.05, 0.1) is 12.7 Å². The molecule has 0 radical (unpaired) electrons. The number of hydrogen-bond acceptors (Lipinski definition) is 12. The lowest BCUT2D eigenvalue weighted by Gasteiger charge is -2.73. The maximum absolute atomic E-state index is 12.6. The summed E-state index contributed by atoms with van der Waals surface area (Å²) in [4.78, 5) is 61.4. The molecular weight excluding hydrogens is 744 g/mol. The van der Waals surface area contributed by atoms with Crippen molar-refractivity contribution in [2.75, 3.05) is 13.2 Å². The summed E-state index contributed by atoms with van der Waals surface area (Å²) in [5, 5.41) is 0. The molecule has 0 amide bonds. The number of rotatable bonds is 10. The van der Waals surface area contributed by atoms with Crippen LogP contribution in [0.15, 0.2) is 12.2 Å². The first-order valence-corrected chi connectivity index (χ1v) is 21.8. The highest BCUT2D eigenvalue weighted by Crippen LogP contribution is 2.77. The summed E-state index contributed by atoms with van der Waals surface area (Å²) in [7, 11) is 0. The fraction of sp³-hybridized carbons (Fsp3) is 0.848. The lowest BCUT2D eigenvalue weighted by molar-refractivity contribution is -0.335. The van der Waals surface area contributed by atoms with Crippen molar-refractivity contribution >= 4 is 29.8 Å². The Balaban J connectivity index is 1.28. The van der Waals surface area contributed by atoms with Gasteiger partial charge in [-0.3, -0.25) is 24.0 Å². The maximum atomic E-state index is 12.6.